The molecule has 0 atom stereocenters. The molecule has 0 aliphatic carbocycles. The van der Waals surface area contributed by atoms with Crippen molar-refractivity contribution in [3.8, 4) is 0 Å². The van der Waals surface area contributed by atoms with E-state index in [9.17, 15) is 9.18 Å². The first kappa shape index (κ1) is 15.0. The molecule has 2 amide bonds. The molecule has 0 spiro atoms. The highest BCUT2D eigenvalue weighted by Gasteiger charge is 2.08. The molecule has 0 aliphatic heterocycles. The van der Waals surface area contributed by atoms with Crippen molar-refractivity contribution in [1.82, 2.24) is 10.2 Å². The van der Waals surface area contributed by atoms with Crippen LogP contribution in [0.4, 0.5) is 9.18 Å². The number of nitrogens with zero attached hydrogens (tertiary/aromatic N) is 1. The lowest BCUT2D eigenvalue weighted by Gasteiger charge is -2.18. The molecular formula is C17H19FN2O. The number of rotatable bonds is 5. The van der Waals surface area contributed by atoms with Crippen LogP contribution in [0.15, 0.2) is 54.6 Å². The van der Waals surface area contributed by atoms with Gasteiger partial charge >= 0.3 is 6.03 Å². The molecule has 1 N–H and O–H groups in total. The van der Waals surface area contributed by atoms with E-state index < -0.39 is 0 Å². The summed E-state index contributed by atoms with van der Waals surface area (Å²) < 4.78 is 13.0. The van der Waals surface area contributed by atoms with E-state index in [1.807, 2.05) is 36.4 Å². The zero-order chi connectivity index (χ0) is 15.1. The third-order valence-corrected chi connectivity index (χ3v) is 3.19. The number of carbonyl (C=O) groups excluding carboxylic acids is 1. The molecule has 0 radical (unpaired) electrons. The Balaban J connectivity index is 1.76. The maximum atomic E-state index is 13.0. The summed E-state index contributed by atoms with van der Waals surface area (Å²) in [6.07, 6.45) is 0.614. The van der Waals surface area contributed by atoms with E-state index in [0.29, 0.717) is 19.5 Å². The van der Waals surface area contributed by atoms with Crippen LogP contribution in [0.1, 0.15) is 11.1 Å². The van der Waals surface area contributed by atoms with Gasteiger partial charge in [-0.15, -0.1) is 0 Å². The quantitative estimate of drug-likeness (QED) is 0.899. The molecule has 110 valence electrons. The summed E-state index contributed by atoms with van der Waals surface area (Å²) >= 11 is 0. The lowest BCUT2D eigenvalue weighted by molar-refractivity contribution is 0.207. The second kappa shape index (κ2) is 7.43. The van der Waals surface area contributed by atoms with Gasteiger partial charge in [0.2, 0.25) is 0 Å². The maximum Gasteiger partial charge on any atom is 0.317 e. The fraction of sp³-hybridized carbons (Fsp3) is 0.235. The summed E-state index contributed by atoms with van der Waals surface area (Å²) in [6.45, 7) is 1.05. The van der Waals surface area contributed by atoms with E-state index >= 15 is 0 Å². The molecule has 0 aromatic heterocycles. The third kappa shape index (κ3) is 4.91. The van der Waals surface area contributed by atoms with Crippen LogP contribution in [0.3, 0.4) is 0 Å². The third-order valence-electron chi connectivity index (χ3n) is 3.19. The summed E-state index contributed by atoms with van der Waals surface area (Å²) in [6, 6.07) is 16.1. The maximum absolute atomic E-state index is 13.0. The van der Waals surface area contributed by atoms with Crippen LogP contribution in [0.25, 0.3) is 0 Å². The van der Waals surface area contributed by atoms with Crippen LogP contribution >= 0.6 is 0 Å². The Hall–Kier alpha value is -2.36. The van der Waals surface area contributed by atoms with Crippen molar-refractivity contribution in [2.75, 3.05) is 13.6 Å². The van der Waals surface area contributed by atoms with E-state index in [0.717, 1.165) is 11.1 Å². The number of urea groups is 1. The summed E-state index contributed by atoms with van der Waals surface area (Å²) in [5, 5.41) is 2.84. The minimum atomic E-state index is -0.250. The average Bonchev–Trinajstić information content (AvgIpc) is 2.48. The minimum Gasteiger partial charge on any atom is -0.338 e. The Labute approximate surface area is 124 Å². The molecule has 21 heavy (non-hydrogen) atoms. The first-order valence-corrected chi connectivity index (χ1v) is 6.92. The van der Waals surface area contributed by atoms with Crippen LogP contribution in [-0.4, -0.2) is 24.5 Å². The van der Waals surface area contributed by atoms with E-state index in [1.54, 1.807) is 18.0 Å². The average molecular weight is 286 g/mol. The van der Waals surface area contributed by atoms with Gasteiger partial charge in [0.05, 0.1) is 0 Å². The number of hydrogen-bond acceptors (Lipinski definition) is 1. The second-order valence-corrected chi connectivity index (χ2v) is 4.95. The fourth-order valence-electron chi connectivity index (χ4n) is 2.07. The van der Waals surface area contributed by atoms with E-state index in [1.165, 1.54) is 12.1 Å². The molecule has 3 nitrogen and oxygen atoms in total. The molecule has 0 aliphatic rings. The number of benzene rings is 2. The van der Waals surface area contributed by atoms with Gasteiger partial charge < -0.3 is 10.2 Å². The lowest BCUT2D eigenvalue weighted by Crippen LogP contribution is -2.37. The number of nitrogens with one attached hydrogen (secondary N) is 1. The largest absolute Gasteiger partial charge is 0.338 e. The monoisotopic (exact) mass is 286 g/mol. The van der Waals surface area contributed by atoms with Crippen LogP contribution in [-0.2, 0) is 13.0 Å². The van der Waals surface area contributed by atoms with E-state index in [2.05, 4.69) is 5.32 Å². The molecule has 0 saturated carbocycles. The number of halogens is 1. The highest BCUT2D eigenvalue weighted by Crippen LogP contribution is 2.04. The number of hydrogen-bond donors (Lipinski definition) is 1. The number of amides is 2. The van der Waals surface area contributed by atoms with E-state index in [-0.39, 0.29) is 11.8 Å². The Kier molecular flexibility index (Phi) is 5.32. The Morgan fingerprint density at radius 3 is 2.52 bits per heavy atom. The zero-order valence-corrected chi connectivity index (χ0v) is 12.1. The van der Waals surface area contributed by atoms with Gasteiger partial charge in [-0.2, -0.15) is 0 Å². The molecule has 0 bridgehead atoms. The van der Waals surface area contributed by atoms with Crippen molar-refractivity contribution >= 4 is 6.03 Å². The Morgan fingerprint density at radius 1 is 1.10 bits per heavy atom. The summed E-state index contributed by atoms with van der Waals surface area (Å²) in [4.78, 5) is 13.6. The van der Waals surface area contributed by atoms with Crippen LogP contribution in [0.5, 0.6) is 0 Å². The van der Waals surface area contributed by atoms with Crippen LogP contribution in [0.2, 0.25) is 0 Å². The fourth-order valence-corrected chi connectivity index (χ4v) is 2.07. The molecule has 0 fully saturated rings. The molecule has 2 aromatic carbocycles. The highest BCUT2D eigenvalue weighted by molar-refractivity contribution is 5.73. The van der Waals surface area contributed by atoms with Crippen molar-refractivity contribution < 1.29 is 9.18 Å². The Bertz CT molecular complexity index is 586. The Morgan fingerprint density at radius 2 is 1.81 bits per heavy atom. The van der Waals surface area contributed by atoms with Crippen molar-refractivity contribution in [2.24, 2.45) is 0 Å². The van der Waals surface area contributed by atoms with Gasteiger partial charge in [0.1, 0.15) is 5.82 Å². The molecule has 4 heteroatoms. The van der Waals surface area contributed by atoms with Crippen molar-refractivity contribution in [3.63, 3.8) is 0 Å². The van der Waals surface area contributed by atoms with Crippen LogP contribution < -0.4 is 5.32 Å². The first-order valence-electron chi connectivity index (χ1n) is 6.92. The standard InChI is InChI=1S/C17H19FN2O/c1-20(13-15-6-3-2-4-7-15)17(21)19-11-10-14-8-5-9-16(18)12-14/h2-9,12H,10-11,13H2,1H3,(H,19,21). The van der Waals surface area contributed by atoms with Crippen molar-refractivity contribution in [1.29, 1.82) is 0 Å². The lowest BCUT2D eigenvalue weighted by atomic mass is 10.1. The summed E-state index contributed by atoms with van der Waals surface area (Å²) in [5.41, 5.74) is 1.96. The molecule has 2 rings (SSSR count). The first-order chi connectivity index (χ1) is 10.1. The minimum absolute atomic E-state index is 0.129. The van der Waals surface area contributed by atoms with Gasteiger partial charge in [-0.3, -0.25) is 0 Å². The summed E-state index contributed by atoms with van der Waals surface area (Å²) in [5.74, 6) is -0.250. The van der Waals surface area contributed by atoms with Gasteiger partial charge in [0, 0.05) is 20.1 Å². The van der Waals surface area contributed by atoms with Crippen molar-refractivity contribution in [2.45, 2.75) is 13.0 Å². The predicted molar refractivity (Wildman–Crippen MR) is 81.4 cm³/mol. The predicted octanol–water partition coefficient (Wildman–Crippen LogP) is 3.21. The molecule has 0 saturated heterocycles. The smallest absolute Gasteiger partial charge is 0.317 e. The molecule has 0 unspecified atom stereocenters. The van der Waals surface area contributed by atoms with Crippen LogP contribution in [0, 0.1) is 5.82 Å². The van der Waals surface area contributed by atoms with Gasteiger partial charge in [-0.05, 0) is 29.7 Å². The molecule has 2 aromatic rings. The van der Waals surface area contributed by atoms with Gasteiger partial charge in [-0.25, -0.2) is 9.18 Å². The van der Waals surface area contributed by atoms with Gasteiger partial charge in [-0.1, -0.05) is 42.5 Å². The van der Waals surface area contributed by atoms with Gasteiger partial charge in [0.25, 0.3) is 0 Å². The number of carbonyl (C=O) groups is 1. The van der Waals surface area contributed by atoms with Gasteiger partial charge in [0.15, 0.2) is 0 Å². The van der Waals surface area contributed by atoms with E-state index in [4.69, 9.17) is 0 Å². The molecule has 0 heterocycles. The topological polar surface area (TPSA) is 32.3 Å². The normalized spacial score (nSPS) is 10.2. The van der Waals surface area contributed by atoms with Crippen molar-refractivity contribution in [3.05, 3.63) is 71.5 Å². The summed E-state index contributed by atoms with van der Waals surface area (Å²) in [7, 11) is 1.75. The SMILES string of the molecule is CN(Cc1ccccc1)C(=O)NCCc1cccc(F)c1. The highest BCUT2D eigenvalue weighted by atomic mass is 19.1. The molecular weight excluding hydrogens is 267 g/mol. The zero-order valence-electron chi connectivity index (χ0n) is 12.1. The second-order valence-electron chi connectivity index (χ2n) is 4.95.